The first-order valence-electron chi connectivity index (χ1n) is 7.72. The summed E-state index contributed by atoms with van der Waals surface area (Å²) in [6, 6.07) is 1.86. The van der Waals surface area contributed by atoms with Crippen LogP contribution in [0.2, 0.25) is 0 Å². The Morgan fingerprint density at radius 3 is 2.76 bits per heavy atom. The molecule has 1 saturated carbocycles. The first-order valence-corrected chi connectivity index (χ1v) is 10.1. The average Bonchev–Trinajstić information content (AvgIpc) is 2.89. The van der Waals surface area contributed by atoms with E-state index in [0.717, 1.165) is 37.9 Å². The highest BCUT2D eigenvalue weighted by Gasteiger charge is 2.29. The zero-order valence-corrected chi connectivity index (χ0v) is 14.7. The third-order valence-corrected chi connectivity index (χ3v) is 7.19. The van der Waals surface area contributed by atoms with Gasteiger partial charge < -0.3 is 5.32 Å². The average molecular weight is 331 g/mol. The molecule has 3 unspecified atom stereocenters. The third-order valence-electron chi connectivity index (χ3n) is 4.21. The lowest BCUT2D eigenvalue weighted by Gasteiger charge is -2.32. The van der Waals surface area contributed by atoms with Crippen molar-refractivity contribution in [3.63, 3.8) is 0 Å². The van der Waals surface area contributed by atoms with Gasteiger partial charge in [0.05, 0.1) is 0 Å². The summed E-state index contributed by atoms with van der Waals surface area (Å²) >= 11 is 1.31. The van der Waals surface area contributed by atoms with Crippen LogP contribution in [-0.2, 0) is 16.6 Å². The van der Waals surface area contributed by atoms with E-state index in [0.29, 0.717) is 16.0 Å². The van der Waals surface area contributed by atoms with E-state index in [9.17, 15) is 8.42 Å². The molecule has 0 saturated heterocycles. The van der Waals surface area contributed by atoms with Crippen LogP contribution in [0.15, 0.2) is 15.7 Å². The fourth-order valence-corrected chi connectivity index (χ4v) is 5.56. The summed E-state index contributed by atoms with van der Waals surface area (Å²) < 4.78 is 28.3. The van der Waals surface area contributed by atoms with E-state index >= 15 is 0 Å². The fraction of sp³-hybridized carbons (Fsp3) is 0.733. The summed E-state index contributed by atoms with van der Waals surface area (Å²) in [6.07, 6.45) is 3.15. The van der Waals surface area contributed by atoms with Gasteiger partial charge >= 0.3 is 0 Å². The van der Waals surface area contributed by atoms with Crippen molar-refractivity contribution in [2.75, 3.05) is 6.54 Å². The minimum absolute atomic E-state index is 0.0746. The predicted octanol–water partition coefficient (Wildman–Crippen LogP) is 2.96. The molecule has 120 valence electrons. The maximum atomic E-state index is 12.5. The molecule has 0 bridgehead atoms. The highest BCUT2D eigenvalue weighted by molar-refractivity contribution is 7.91. The number of hydrogen-bond donors (Lipinski definition) is 2. The number of thiophene rings is 1. The number of sulfonamides is 1. The molecular weight excluding hydrogens is 304 g/mol. The molecule has 0 amide bonds. The van der Waals surface area contributed by atoms with E-state index in [2.05, 4.69) is 23.9 Å². The Bertz CT molecular complexity index is 554. The summed E-state index contributed by atoms with van der Waals surface area (Å²) in [5.74, 6) is 1.11. The standard InChI is InChI=1S/C15H26N2O2S2/c1-4-16-9-13-8-15(20-10-13)21(18,19)17-14-6-5-11(2)7-12(14)3/h8,10-12,14,16-17H,4-7,9H2,1-3H3. The number of nitrogens with one attached hydrogen (secondary N) is 2. The second-order valence-electron chi connectivity index (χ2n) is 6.18. The van der Waals surface area contributed by atoms with E-state index < -0.39 is 10.0 Å². The van der Waals surface area contributed by atoms with Gasteiger partial charge in [0.25, 0.3) is 0 Å². The van der Waals surface area contributed by atoms with E-state index in [4.69, 9.17) is 0 Å². The molecule has 2 rings (SSSR count). The number of hydrogen-bond acceptors (Lipinski definition) is 4. The molecule has 2 N–H and O–H groups in total. The fourth-order valence-electron chi connectivity index (χ4n) is 2.95. The van der Waals surface area contributed by atoms with Gasteiger partial charge in [-0.2, -0.15) is 0 Å². The zero-order chi connectivity index (χ0) is 15.5. The van der Waals surface area contributed by atoms with Crippen molar-refractivity contribution in [1.29, 1.82) is 0 Å². The summed E-state index contributed by atoms with van der Waals surface area (Å²) in [6.45, 7) is 8.03. The minimum atomic E-state index is -3.37. The van der Waals surface area contributed by atoms with Gasteiger partial charge in [-0.25, -0.2) is 13.1 Å². The molecule has 1 heterocycles. The van der Waals surface area contributed by atoms with Crippen LogP contribution in [0.3, 0.4) is 0 Å². The Balaban J connectivity index is 2.02. The lowest BCUT2D eigenvalue weighted by atomic mass is 9.80. The van der Waals surface area contributed by atoms with Gasteiger partial charge in [0, 0.05) is 12.6 Å². The van der Waals surface area contributed by atoms with Crippen molar-refractivity contribution < 1.29 is 8.42 Å². The van der Waals surface area contributed by atoms with E-state index in [1.807, 2.05) is 12.3 Å². The van der Waals surface area contributed by atoms with Crippen LogP contribution in [0.25, 0.3) is 0 Å². The van der Waals surface area contributed by atoms with Gasteiger partial charge in [-0.05, 0) is 54.7 Å². The SMILES string of the molecule is CCNCc1csc(S(=O)(=O)NC2CCC(C)CC2C)c1. The monoisotopic (exact) mass is 330 g/mol. The van der Waals surface area contributed by atoms with Crippen LogP contribution in [0.4, 0.5) is 0 Å². The topological polar surface area (TPSA) is 58.2 Å². The van der Waals surface area contributed by atoms with Gasteiger partial charge in [-0.15, -0.1) is 11.3 Å². The number of rotatable bonds is 6. The molecule has 21 heavy (non-hydrogen) atoms. The minimum Gasteiger partial charge on any atom is -0.313 e. The maximum absolute atomic E-state index is 12.5. The van der Waals surface area contributed by atoms with Crippen LogP contribution in [-0.4, -0.2) is 21.0 Å². The molecule has 1 aliphatic rings. The van der Waals surface area contributed by atoms with E-state index in [1.165, 1.54) is 11.3 Å². The quantitative estimate of drug-likeness (QED) is 0.843. The third kappa shape index (κ3) is 4.52. The Labute approximate surface area is 132 Å². The Hall–Kier alpha value is -0.430. The first kappa shape index (κ1) is 16.9. The molecule has 1 fully saturated rings. The second-order valence-corrected chi connectivity index (χ2v) is 9.03. The van der Waals surface area contributed by atoms with Crippen LogP contribution >= 0.6 is 11.3 Å². The predicted molar refractivity (Wildman–Crippen MR) is 88.0 cm³/mol. The molecule has 1 aromatic rings. The zero-order valence-electron chi connectivity index (χ0n) is 13.1. The largest absolute Gasteiger partial charge is 0.313 e. The Kier molecular flexibility index (Phi) is 5.82. The normalized spacial score (nSPS) is 26.9. The van der Waals surface area contributed by atoms with E-state index in [1.54, 1.807) is 6.07 Å². The molecule has 6 heteroatoms. The lowest BCUT2D eigenvalue weighted by molar-refractivity contribution is 0.249. The van der Waals surface area contributed by atoms with Crippen molar-refractivity contribution in [3.05, 3.63) is 17.0 Å². The highest BCUT2D eigenvalue weighted by Crippen LogP contribution is 2.30. The van der Waals surface area contributed by atoms with Gasteiger partial charge in [0.15, 0.2) is 0 Å². The van der Waals surface area contributed by atoms with Crippen molar-refractivity contribution in [1.82, 2.24) is 10.0 Å². The van der Waals surface area contributed by atoms with Crippen molar-refractivity contribution in [3.8, 4) is 0 Å². The molecule has 0 spiro atoms. The van der Waals surface area contributed by atoms with Crippen LogP contribution < -0.4 is 10.0 Å². The second kappa shape index (κ2) is 7.22. The summed E-state index contributed by atoms with van der Waals surface area (Å²) in [4.78, 5) is 0. The molecule has 0 aromatic carbocycles. The molecule has 1 aromatic heterocycles. The van der Waals surface area contributed by atoms with Gasteiger partial charge in [-0.3, -0.25) is 0 Å². The summed E-state index contributed by atoms with van der Waals surface area (Å²) in [5.41, 5.74) is 1.03. The molecule has 3 atom stereocenters. The summed E-state index contributed by atoms with van der Waals surface area (Å²) in [5, 5.41) is 5.13. The molecule has 1 aliphatic carbocycles. The van der Waals surface area contributed by atoms with E-state index in [-0.39, 0.29) is 6.04 Å². The molecular formula is C15H26N2O2S2. The lowest BCUT2D eigenvalue weighted by Crippen LogP contribution is -2.42. The van der Waals surface area contributed by atoms with Gasteiger partial charge in [-0.1, -0.05) is 20.8 Å². The summed E-state index contributed by atoms with van der Waals surface area (Å²) in [7, 11) is -3.37. The van der Waals surface area contributed by atoms with Crippen molar-refractivity contribution in [2.24, 2.45) is 11.8 Å². The van der Waals surface area contributed by atoms with Crippen molar-refractivity contribution >= 4 is 21.4 Å². The molecule has 0 aliphatic heterocycles. The maximum Gasteiger partial charge on any atom is 0.250 e. The Morgan fingerprint density at radius 2 is 2.10 bits per heavy atom. The van der Waals surface area contributed by atoms with Gasteiger partial charge in [0.2, 0.25) is 10.0 Å². The van der Waals surface area contributed by atoms with Gasteiger partial charge in [0.1, 0.15) is 4.21 Å². The molecule has 4 nitrogen and oxygen atoms in total. The first-order chi connectivity index (χ1) is 9.92. The van der Waals surface area contributed by atoms with Crippen LogP contribution in [0.1, 0.15) is 45.6 Å². The smallest absolute Gasteiger partial charge is 0.250 e. The highest BCUT2D eigenvalue weighted by atomic mass is 32.2. The molecule has 0 radical (unpaired) electrons. The van der Waals surface area contributed by atoms with Crippen LogP contribution in [0.5, 0.6) is 0 Å². The Morgan fingerprint density at radius 1 is 1.33 bits per heavy atom. The van der Waals surface area contributed by atoms with Crippen molar-refractivity contribution in [2.45, 2.75) is 56.8 Å². The van der Waals surface area contributed by atoms with Crippen LogP contribution in [0, 0.1) is 11.8 Å².